The van der Waals surface area contributed by atoms with Gasteiger partial charge < -0.3 is 14.8 Å². The maximum atomic E-state index is 5.36. The van der Waals surface area contributed by atoms with Crippen molar-refractivity contribution in [2.45, 2.75) is 26.6 Å². The third-order valence-corrected chi connectivity index (χ3v) is 1.43. The number of ether oxygens (including phenoxy) is 2. The summed E-state index contributed by atoms with van der Waals surface area (Å²) >= 11 is 0. The van der Waals surface area contributed by atoms with Gasteiger partial charge in [0.15, 0.2) is 6.29 Å². The van der Waals surface area contributed by atoms with Gasteiger partial charge in [-0.1, -0.05) is 13.8 Å². The molecule has 3 heteroatoms. The van der Waals surface area contributed by atoms with Crippen LogP contribution < -0.4 is 5.32 Å². The van der Waals surface area contributed by atoms with E-state index in [0.29, 0.717) is 0 Å². The van der Waals surface area contributed by atoms with Crippen molar-refractivity contribution in [2.24, 2.45) is 0 Å². The molecule has 0 heterocycles. The summed E-state index contributed by atoms with van der Waals surface area (Å²) in [6, 6.07) is 0. The Morgan fingerprint density at radius 2 is 2.09 bits per heavy atom. The van der Waals surface area contributed by atoms with Crippen molar-refractivity contribution in [2.75, 3.05) is 26.8 Å². The molecule has 0 radical (unpaired) electrons. The highest BCUT2D eigenvalue weighted by Crippen LogP contribution is 1.96. The lowest BCUT2D eigenvalue weighted by Gasteiger charge is -2.13. The van der Waals surface area contributed by atoms with E-state index in [9.17, 15) is 0 Å². The Bertz CT molecular complexity index is 74.5. The first-order valence-electron chi connectivity index (χ1n) is 4.20. The van der Waals surface area contributed by atoms with Crippen LogP contribution >= 0.6 is 0 Å². The molecule has 0 aromatic rings. The summed E-state index contributed by atoms with van der Waals surface area (Å²) in [7, 11) is 1.67. The third-order valence-electron chi connectivity index (χ3n) is 1.43. The van der Waals surface area contributed by atoms with Gasteiger partial charge in [0.25, 0.3) is 0 Å². The Balaban J connectivity index is 3.07. The molecule has 1 unspecified atom stereocenters. The SMILES string of the molecule is CCNCCOC(CC)OC. The molecule has 68 valence electrons. The fourth-order valence-corrected chi connectivity index (χ4v) is 0.792. The largest absolute Gasteiger partial charge is 0.356 e. The predicted molar refractivity (Wildman–Crippen MR) is 45.6 cm³/mol. The minimum atomic E-state index is -0.0337. The van der Waals surface area contributed by atoms with Crippen LogP contribution in [0.25, 0.3) is 0 Å². The van der Waals surface area contributed by atoms with Gasteiger partial charge in [-0.05, 0) is 13.0 Å². The molecule has 0 saturated carbocycles. The second-order valence-electron chi connectivity index (χ2n) is 2.30. The van der Waals surface area contributed by atoms with Crippen LogP contribution in [0, 0.1) is 0 Å². The summed E-state index contributed by atoms with van der Waals surface area (Å²) in [4.78, 5) is 0. The molecule has 1 N–H and O–H groups in total. The van der Waals surface area contributed by atoms with E-state index < -0.39 is 0 Å². The van der Waals surface area contributed by atoms with Crippen molar-refractivity contribution in [1.29, 1.82) is 0 Å². The van der Waals surface area contributed by atoms with Crippen LogP contribution in [-0.4, -0.2) is 33.1 Å². The Hall–Kier alpha value is -0.120. The minimum Gasteiger partial charge on any atom is -0.356 e. The zero-order valence-electron chi connectivity index (χ0n) is 7.72. The van der Waals surface area contributed by atoms with Gasteiger partial charge in [-0.15, -0.1) is 0 Å². The standard InChI is InChI=1S/C8H19NO2/c1-4-8(10-3)11-7-6-9-5-2/h8-9H,4-7H2,1-3H3. The predicted octanol–water partition coefficient (Wildman–Crippen LogP) is 0.995. The Kier molecular flexibility index (Phi) is 7.89. The lowest BCUT2D eigenvalue weighted by Crippen LogP contribution is -2.23. The molecular weight excluding hydrogens is 142 g/mol. The molecular formula is C8H19NO2. The van der Waals surface area contributed by atoms with E-state index in [1.165, 1.54) is 0 Å². The molecule has 3 nitrogen and oxygen atoms in total. The molecule has 0 rings (SSSR count). The summed E-state index contributed by atoms with van der Waals surface area (Å²) < 4.78 is 10.4. The van der Waals surface area contributed by atoms with E-state index in [2.05, 4.69) is 12.2 Å². The average molecular weight is 161 g/mol. The van der Waals surface area contributed by atoms with Gasteiger partial charge in [-0.2, -0.15) is 0 Å². The Morgan fingerprint density at radius 3 is 2.55 bits per heavy atom. The second-order valence-corrected chi connectivity index (χ2v) is 2.30. The highest BCUT2D eigenvalue weighted by atomic mass is 16.7. The molecule has 0 aliphatic carbocycles. The molecule has 0 aromatic carbocycles. The minimum absolute atomic E-state index is 0.0337. The number of hydrogen-bond acceptors (Lipinski definition) is 3. The molecule has 0 aromatic heterocycles. The van der Waals surface area contributed by atoms with Crippen molar-refractivity contribution in [3.63, 3.8) is 0 Å². The zero-order valence-corrected chi connectivity index (χ0v) is 7.72. The fraction of sp³-hybridized carbons (Fsp3) is 1.00. The Labute approximate surface area is 69.1 Å². The number of hydrogen-bond donors (Lipinski definition) is 1. The van der Waals surface area contributed by atoms with Crippen LogP contribution in [0.1, 0.15) is 20.3 Å². The number of methoxy groups -OCH3 is 1. The molecule has 1 atom stereocenters. The fourth-order valence-electron chi connectivity index (χ4n) is 0.792. The Morgan fingerprint density at radius 1 is 1.36 bits per heavy atom. The van der Waals surface area contributed by atoms with Crippen molar-refractivity contribution in [3.05, 3.63) is 0 Å². The highest BCUT2D eigenvalue weighted by molar-refractivity contribution is 4.42. The van der Waals surface area contributed by atoms with E-state index in [1.54, 1.807) is 7.11 Å². The van der Waals surface area contributed by atoms with Crippen molar-refractivity contribution < 1.29 is 9.47 Å². The zero-order chi connectivity index (χ0) is 8.53. The first kappa shape index (κ1) is 10.9. The quantitative estimate of drug-likeness (QED) is 0.446. The molecule has 0 aliphatic heterocycles. The molecule has 0 spiro atoms. The van der Waals surface area contributed by atoms with Gasteiger partial charge in [-0.3, -0.25) is 0 Å². The van der Waals surface area contributed by atoms with E-state index in [-0.39, 0.29) is 6.29 Å². The summed E-state index contributed by atoms with van der Waals surface area (Å²) in [6.07, 6.45) is 0.872. The van der Waals surface area contributed by atoms with Crippen LogP contribution in [0.4, 0.5) is 0 Å². The smallest absolute Gasteiger partial charge is 0.156 e. The van der Waals surface area contributed by atoms with Crippen LogP contribution in [0.5, 0.6) is 0 Å². The monoisotopic (exact) mass is 161 g/mol. The van der Waals surface area contributed by atoms with Gasteiger partial charge in [0.05, 0.1) is 6.61 Å². The first-order valence-corrected chi connectivity index (χ1v) is 4.20. The van der Waals surface area contributed by atoms with Gasteiger partial charge in [0, 0.05) is 13.7 Å². The van der Waals surface area contributed by atoms with E-state index in [1.807, 2.05) is 6.92 Å². The summed E-state index contributed by atoms with van der Waals surface area (Å²) in [5.74, 6) is 0. The number of likely N-dealkylation sites (N-methyl/N-ethyl adjacent to an activating group) is 1. The molecule has 0 aliphatic rings. The van der Waals surface area contributed by atoms with Gasteiger partial charge in [0.2, 0.25) is 0 Å². The van der Waals surface area contributed by atoms with Crippen LogP contribution in [-0.2, 0) is 9.47 Å². The third kappa shape index (κ3) is 6.28. The van der Waals surface area contributed by atoms with Crippen LogP contribution in [0.2, 0.25) is 0 Å². The maximum absolute atomic E-state index is 5.36. The molecule has 0 saturated heterocycles. The van der Waals surface area contributed by atoms with Crippen molar-refractivity contribution in [1.82, 2.24) is 5.32 Å². The van der Waals surface area contributed by atoms with E-state index in [0.717, 1.165) is 26.1 Å². The normalized spacial score (nSPS) is 13.4. The lowest BCUT2D eigenvalue weighted by molar-refractivity contribution is -0.123. The molecule has 0 bridgehead atoms. The van der Waals surface area contributed by atoms with E-state index >= 15 is 0 Å². The topological polar surface area (TPSA) is 30.5 Å². The first-order chi connectivity index (χ1) is 5.35. The van der Waals surface area contributed by atoms with Gasteiger partial charge in [-0.25, -0.2) is 0 Å². The summed E-state index contributed by atoms with van der Waals surface area (Å²) in [5.41, 5.74) is 0. The summed E-state index contributed by atoms with van der Waals surface area (Å²) in [5, 5.41) is 3.17. The van der Waals surface area contributed by atoms with E-state index in [4.69, 9.17) is 9.47 Å². The van der Waals surface area contributed by atoms with Crippen molar-refractivity contribution in [3.8, 4) is 0 Å². The van der Waals surface area contributed by atoms with Gasteiger partial charge in [0.1, 0.15) is 0 Å². The number of rotatable bonds is 7. The van der Waals surface area contributed by atoms with Crippen molar-refractivity contribution >= 4 is 0 Å². The lowest BCUT2D eigenvalue weighted by atomic mass is 10.5. The number of nitrogens with one attached hydrogen (secondary N) is 1. The maximum Gasteiger partial charge on any atom is 0.156 e. The highest BCUT2D eigenvalue weighted by Gasteiger charge is 2.01. The average Bonchev–Trinajstić information content (AvgIpc) is 2.05. The summed E-state index contributed by atoms with van der Waals surface area (Å²) in [6.45, 7) is 6.73. The van der Waals surface area contributed by atoms with Gasteiger partial charge >= 0.3 is 0 Å². The molecule has 0 fully saturated rings. The second kappa shape index (κ2) is 7.98. The van der Waals surface area contributed by atoms with Crippen LogP contribution in [0.3, 0.4) is 0 Å². The molecule has 0 amide bonds. The molecule has 11 heavy (non-hydrogen) atoms. The van der Waals surface area contributed by atoms with Crippen LogP contribution in [0.15, 0.2) is 0 Å².